The first kappa shape index (κ1) is 19.6. The lowest BCUT2D eigenvalue weighted by Gasteiger charge is -2.51. The van der Waals surface area contributed by atoms with Gasteiger partial charge >= 0.3 is 5.97 Å². The van der Waals surface area contributed by atoms with Crippen LogP contribution in [0.25, 0.3) is 16.9 Å². The second kappa shape index (κ2) is 7.11. The Morgan fingerprint density at radius 3 is 2.39 bits per heavy atom. The number of aromatic nitrogens is 5. The van der Waals surface area contributed by atoms with Gasteiger partial charge in [-0.1, -0.05) is 0 Å². The molecule has 6 rings (SSSR count). The van der Waals surface area contributed by atoms with Gasteiger partial charge in [0.15, 0.2) is 0 Å². The Labute approximate surface area is 179 Å². The van der Waals surface area contributed by atoms with Crippen LogP contribution in [0.2, 0.25) is 0 Å². The SMILES string of the molecule is COC(=O)C12CCC(NC(=O)c3cnc(-n4nc(C)c5ccncc54)nc3)(CC1)CC2. The van der Waals surface area contributed by atoms with E-state index in [-0.39, 0.29) is 22.8 Å². The molecule has 31 heavy (non-hydrogen) atoms. The van der Waals surface area contributed by atoms with Crippen molar-refractivity contribution in [3.8, 4) is 5.95 Å². The van der Waals surface area contributed by atoms with Gasteiger partial charge in [0.2, 0.25) is 0 Å². The van der Waals surface area contributed by atoms with Gasteiger partial charge in [-0.05, 0) is 51.5 Å². The highest BCUT2D eigenvalue weighted by atomic mass is 16.5. The third kappa shape index (κ3) is 3.15. The fourth-order valence-corrected chi connectivity index (χ4v) is 5.03. The van der Waals surface area contributed by atoms with E-state index < -0.39 is 0 Å². The molecular formula is C22H24N6O3. The molecule has 2 bridgehead atoms. The van der Waals surface area contributed by atoms with Crippen molar-refractivity contribution in [3.63, 3.8) is 0 Å². The van der Waals surface area contributed by atoms with Crippen LogP contribution < -0.4 is 5.32 Å². The molecular weight excluding hydrogens is 396 g/mol. The van der Waals surface area contributed by atoms with Crippen LogP contribution in [0.1, 0.15) is 54.6 Å². The fraction of sp³-hybridized carbons (Fsp3) is 0.455. The van der Waals surface area contributed by atoms with Crippen molar-refractivity contribution in [3.05, 3.63) is 42.1 Å². The third-order valence-corrected chi connectivity index (χ3v) is 7.00. The summed E-state index contributed by atoms with van der Waals surface area (Å²) in [5.74, 6) is 0.0777. The molecule has 3 aromatic rings. The average Bonchev–Trinajstić information content (AvgIpc) is 3.16. The van der Waals surface area contributed by atoms with Gasteiger partial charge in [0, 0.05) is 29.5 Å². The number of nitrogens with one attached hydrogen (secondary N) is 1. The number of aryl methyl sites for hydroxylation is 1. The molecule has 0 atom stereocenters. The highest BCUT2D eigenvalue weighted by Crippen LogP contribution is 2.52. The lowest BCUT2D eigenvalue weighted by molar-refractivity contribution is -0.160. The van der Waals surface area contributed by atoms with Gasteiger partial charge in [-0.15, -0.1) is 0 Å². The molecule has 160 valence electrons. The first-order valence-electron chi connectivity index (χ1n) is 10.5. The number of amides is 1. The van der Waals surface area contributed by atoms with Crippen molar-refractivity contribution in [1.29, 1.82) is 0 Å². The second-order valence-corrected chi connectivity index (χ2v) is 8.67. The number of esters is 1. The Balaban J connectivity index is 1.32. The number of carbonyl (C=O) groups is 2. The Bertz CT molecular complexity index is 1150. The largest absolute Gasteiger partial charge is 0.469 e. The Hall–Kier alpha value is -3.36. The minimum Gasteiger partial charge on any atom is -0.469 e. The van der Waals surface area contributed by atoms with E-state index in [1.807, 2.05) is 13.0 Å². The molecule has 0 aromatic carbocycles. The monoisotopic (exact) mass is 420 g/mol. The quantitative estimate of drug-likeness (QED) is 0.646. The van der Waals surface area contributed by atoms with E-state index in [2.05, 4.69) is 25.4 Å². The van der Waals surface area contributed by atoms with Gasteiger partial charge in [0.05, 0.1) is 35.5 Å². The van der Waals surface area contributed by atoms with Crippen LogP contribution in [0.5, 0.6) is 0 Å². The van der Waals surface area contributed by atoms with Crippen LogP contribution in [-0.4, -0.2) is 49.3 Å². The molecule has 3 aliphatic carbocycles. The molecule has 3 fully saturated rings. The lowest BCUT2D eigenvalue weighted by atomic mass is 9.57. The van der Waals surface area contributed by atoms with Crippen LogP contribution in [0.3, 0.4) is 0 Å². The molecule has 0 saturated heterocycles. The molecule has 0 radical (unpaired) electrons. The number of fused-ring (bicyclic) bond motifs is 4. The molecule has 0 unspecified atom stereocenters. The van der Waals surface area contributed by atoms with Crippen molar-refractivity contribution in [2.45, 2.75) is 51.0 Å². The summed E-state index contributed by atoms with van der Waals surface area (Å²) < 4.78 is 6.65. The first-order chi connectivity index (χ1) is 15.0. The van der Waals surface area contributed by atoms with Crippen LogP contribution in [0, 0.1) is 12.3 Å². The molecule has 9 heteroatoms. The Kier molecular flexibility index (Phi) is 4.49. The van der Waals surface area contributed by atoms with Gasteiger partial charge in [-0.3, -0.25) is 14.6 Å². The van der Waals surface area contributed by atoms with E-state index in [1.54, 1.807) is 17.1 Å². The van der Waals surface area contributed by atoms with E-state index in [0.29, 0.717) is 11.5 Å². The maximum atomic E-state index is 12.9. The normalized spacial score (nSPS) is 24.8. The molecule has 3 heterocycles. The maximum Gasteiger partial charge on any atom is 0.311 e. The van der Waals surface area contributed by atoms with E-state index in [1.165, 1.54) is 19.5 Å². The summed E-state index contributed by atoms with van der Waals surface area (Å²) in [6.07, 6.45) is 11.1. The summed E-state index contributed by atoms with van der Waals surface area (Å²) in [5.41, 5.74) is 1.44. The number of methoxy groups -OCH3 is 1. The van der Waals surface area contributed by atoms with Crippen LogP contribution in [-0.2, 0) is 9.53 Å². The highest BCUT2D eigenvalue weighted by molar-refractivity contribution is 5.94. The zero-order valence-electron chi connectivity index (χ0n) is 17.6. The summed E-state index contributed by atoms with van der Waals surface area (Å²) in [6, 6.07) is 1.90. The summed E-state index contributed by atoms with van der Waals surface area (Å²) >= 11 is 0. The van der Waals surface area contributed by atoms with Crippen molar-refractivity contribution in [2.24, 2.45) is 5.41 Å². The zero-order valence-corrected chi connectivity index (χ0v) is 17.6. The summed E-state index contributed by atoms with van der Waals surface area (Å²) in [5, 5.41) is 8.68. The van der Waals surface area contributed by atoms with Crippen molar-refractivity contribution >= 4 is 22.8 Å². The van der Waals surface area contributed by atoms with E-state index >= 15 is 0 Å². The van der Waals surface area contributed by atoms with Crippen molar-refractivity contribution in [2.75, 3.05) is 7.11 Å². The van der Waals surface area contributed by atoms with Gasteiger partial charge in [0.25, 0.3) is 11.9 Å². The van der Waals surface area contributed by atoms with E-state index in [4.69, 9.17) is 4.74 Å². The smallest absolute Gasteiger partial charge is 0.311 e. The standard InChI is InChI=1S/C22H24N6O3/c1-14-16-3-10-23-13-17(16)28(27-14)20-24-11-15(12-25-20)18(29)26-22-7-4-21(5-8-22,6-9-22)19(30)31-2/h3,10-13H,4-9H2,1-2H3,(H,26,29). The topological polar surface area (TPSA) is 112 Å². The minimum atomic E-state index is -0.370. The predicted molar refractivity (Wildman–Crippen MR) is 112 cm³/mol. The van der Waals surface area contributed by atoms with Crippen molar-refractivity contribution < 1.29 is 14.3 Å². The molecule has 0 aliphatic heterocycles. The van der Waals surface area contributed by atoms with Crippen molar-refractivity contribution in [1.82, 2.24) is 30.0 Å². The van der Waals surface area contributed by atoms with E-state index in [9.17, 15) is 9.59 Å². The molecule has 9 nitrogen and oxygen atoms in total. The molecule has 3 aliphatic rings. The lowest BCUT2D eigenvalue weighted by Crippen LogP contribution is -2.58. The number of nitrogens with zero attached hydrogens (tertiary/aromatic N) is 5. The molecule has 0 spiro atoms. The van der Waals surface area contributed by atoms with Crippen LogP contribution in [0.15, 0.2) is 30.9 Å². The number of carbonyl (C=O) groups excluding carboxylic acids is 2. The second-order valence-electron chi connectivity index (χ2n) is 8.67. The maximum absolute atomic E-state index is 12.9. The fourth-order valence-electron chi connectivity index (χ4n) is 5.03. The molecule has 1 amide bonds. The van der Waals surface area contributed by atoms with Gasteiger partial charge in [0.1, 0.15) is 0 Å². The van der Waals surface area contributed by atoms with Gasteiger partial charge in [-0.2, -0.15) is 9.78 Å². The molecule has 1 N–H and O–H groups in total. The number of hydrogen-bond donors (Lipinski definition) is 1. The van der Waals surface area contributed by atoms with E-state index in [0.717, 1.165) is 55.1 Å². The third-order valence-electron chi connectivity index (χ3n) is 7.00. The Morgan fingerprint density at radius 2 is 1.74 bits per heavy atom. The molecule has 3 aromatic heterocycles. The number of rotatable bonds is 4. The van der Waals surface area contributed by atoms with Crippen LogP contribution in [0.4, 0.5) is 0 Å². The molecule has 3 saturated carbocycles. The number of pyridine rings is 1. The first-order valence-corrected chi connectivity index (χ1v) is 10.5. The zero-order chi connectivity index (χ0) is 21.6. The number of ether oxygens (including phenoxy) is 1. The van der Waals surface area contributed by atoms with Gasteiger partial charge < -0.3 is 10.1 Å². The minimum absolute atomic E-state index is 0.118. The number of hydrogen-bond acceptors (Lipinski definition) is 7. The Morgan fingerprint density at radius 1 is 1.06 bits per heavy atom. The summed E-state index contributed by atoms with van der Waals surface area (Å²) in [7, 11) is 1.45. The summed E-state index contributed by atoms with van der Waals surface area (Å²) in [6.45, 7) is 1.92. The average molecular weight is 420 g/mol. The summed E-state index contributed by atoms with van der Waals surface area (Å²) in [4.78, 5) is 38.0. The van der Waals surface area contributed by atoms with Gasteiger partial charge in [-0.25, -0.2) is 9.97 Å². The highest BCUT2D eigenvalue weighted by Gasteiger charge is 2.53. The predicted octanol–water partition coefficient (Wildman–Crippen LogP) is 2.51. The van der Waals surface area contributed by atoms with Crippen LogP contribution >= 0.6 is 0 Å².